The van der Waals surface area contributed by atoms with Crippen LogP contribution >= 0.6 is 23.4 Å². The molecule has 4 rings (SSSR count). The molecule has 2 aromatic heterocycles. The number of thioether (sulfide) groups is 1. The highest BCUT2D eigenvalue weighted by atomic mass is 35.5. The van der Waals surface area contributed by atoms with Gasteiger partial charge < -0.3 is 9.88 Å². The first-order valence-corrected chi connectivity index (χ1v) is 11.2. The van der Waals surface area contributed by atoms with Gasteiger partial charge in [0.1, 0.15) is 11.5 Å². The minimum Gasteiger partial charge on any atom is -0.323 e. The van der Waals surface area contributed by atoms with E-state index in [9.17, 15) is 9.18 Å². The first-order chi connectivity index (χ1) is 15.5. The van der Waals surface area contributed by atoms with E-state index >= 15 is 0 Å². The molecule has 2 aromatic carbocycles. The van der Waals surface area contributed by atoms with Crippen molar-refractivity contribution in [3.8, 4) is 22.6 Å². The number of nitrogens with zero attached hydrogens (tertiary/aromatic N) is 5. The van der Waals surface area contributed by atoms with E-state index < -0.39 is 5.82 Å². The number of halogens is 2. The van der Waals surface area contributed by atoms with Crippen LogP contribution in [0.5, 0.6) is 0 Å². The summed E-state index contributed by atoms with van der Waals surface area (Å²) in [4.78, 5) is 12.3. The fourth-order valence-corrected chi connectivity index (χ4v) is 4.16. The molecular weight excluding hydrogens is 451 g/mol. The van der Waals surface area contributed by atoms with Crippen LogP contribution in [0.4, 0.5) is 10.1 Å². The van der Waals surface area contributed by atoms with E-state index in [0.717, 1.165) is 16.8 Å². The molecule has 164 valence electrons. The van der Waals surface area contributed by atoms with Gasteiger partial charge in [-0.3, -0.25) is 9.48 Å². The molecule has 1 amide bonds. The summed E-state index contributed by atoms with van der Waals surface area (Å²) in [6, 6.07) is 13.5. The Kier molecular flexibility index (Phi) is 6.57. The van der Waals surface area contributed by atoms with Gasteiger partial charge in [-0.15, -0.1) is 10.2 Å². The highest BCUT2D eigenvalue weighted by molar-refractivity contribution is 7.99. The first-order valence-electron chi connectivity index (χ1n) is 9.86. The number of aromatic nitrogens is 5. The van der Waals surface area contributed by atoms with E-state index in [0.29, 0.717) is 22.5 Å². The molecule has 1 N–H and O–H groups in total. The number of hydrogen-bond acceptors (Lipinski definition) is 5. The van der Waals surface area contributed by atoms with Crippen molar-refractivity contribution in [3.05, 3.63) is 65.6 Å². The molecule has 32 heavy (non-hydrogen) atoms. The van der Waals surface area contributed by atoms with Crippen LogP contribution in [0.3, 0.4) is 0 Å². The highest BCUT2D eigenvalue weighted by Gasteiger charge is 2.20. The SMILES string of the molecule is CCn1c(SCC(=O)Nc2ccccc2F)nnc1-c1cn(C)nc1-c1ccc(Cl)cc1. The van der Waals surface area contributed by atoms with Crippen LogP contribution in [0, 0.1) is 5.82 Å². The Morgan fingerprint density at radius 1 is 1.16 bits per heavy atom. The Morgan fingerprint density at radius 2 is 1.91 bits per heavy atom. The third-order valence-corrected chi connectivity index (χ3v) is 5.92. The van der Waals surface area contributed by atoms with E-state index in [4.69, 9.17) is 11.6 Å². The van der Waals surface area contributed by atoms with Gasteiger partial charge in [0.25, 0.3) is 0 Å². The van der Waals surface area contributed by atoms with Crippen LogP contribution in [0.25, 0.3) is 22.6 Å². The lowest BCUT2D eigenvalue weighted by atomic mass is 10.1. The molecule has 0 fully saturated rings. The Labute approximate surface area is 193 Å². The van der Waals surface area contributed by atoms with E-state index in [-0.39, 0.29) is 17.3 Å². The molecular formula is C22H20ClFN6OS. The summed E-state index contributed by atoms with van der Waals surface area (Å²) in [6.07, 6.45) is 1.89. The van der Waals surface area contributed by atoms with Crippen molar-refractivity contribution in [1.29, 1.82) is 0 Å². The highest BCUT2D eigenvalue weighted by Crippen LogP contribution is 2.32. The normalized spacial score (nSPS) is 11.0. The third-order valence-electron chi connectivity index (χ3n) is 4.70. The number of carbonyl (C=O) groups is 1. The summed E-state index contributed by atoms with van der Waals surface area (Å²) in [5.41, 5.74) is 2.65. The van der Waals surface area contributed by atoms with Gasteiger partial charge in [0.15, 0.2) is 11.0 Å². The first kappa shape index (κ1) is 22.0. The zero-order chi connectivity index (χ0) is 22.7. The third kappa shape index (κ3) is 4.68. The van der Waals surface area contributed by atoms with Gasteiger partial charge in [-0.25, -0.2) is 4.39 Å². The van der Waals surface area contributed by atoms with Crippen molar-refractivity contribution >= 4 is 35.0 Å². The van der Waals surface area contributed by atoms with E-state index in [1.54, 1.807) is 16.8 Å². The van der Waals surface area contributed by atoms with Gasteiger partial charge in [0, 0.05) is 30.4 Å². The topological polar surface area (TPSA) is 77.6 Å². The number of anilines is 1. The van der Waals surface area contributed by atoms with Gasteiger partial charge in [-0.2, -0.15) is 5.10 Å². The van der Waals surface area contributed by atoms with Crippen molar-refractivity contribution in [2.45, 2.75) is 18.6 Å². The zero-order valence-electron chi connectivity index (χ0n) is 17.4. The molecule has 7 nitrogen and oxygen atoms in total. The number of hydrogen-bond donors (Lipinski definition) is 1. The molecule has 10 heteroatoms. The lowest BCUT2D eigenvalue weighted by Crippen LogP contribution is -2.15. The van der Waals surface area contributed by atoms with Crippen LogP contribution < -0.4 is 5.32 Å². The average Bonchev–Trinajstić information content (AvgIpc) is 3.37. The molecule has 0 bridgehead atoms. The summed E-state index contributed by atoms with van der Waals surface area (Å²) in [5.74, 6) is -0.0712. The monoisotopic (exact) mass is 470 g/mol. The largest absolute Gasteiger partial charge is 0.323 e. The molecule has 0 radical (unpaired) electrons. The summed E-state index contributed by atoms with van der Waals surface area (Å²) < 4.78 is 17.4. The predicted octanol–water partition coefficient (Wildman–Crippen LogP) is 4.89. The van der Waals surface area contributed by atoms with Crippen molar-refractivity contribution in [2.24, 2.45) is 7.05 Å². The number of nitrogens with one attached hydrogen (secondary N) is 1. The molecule has 0 saturated carbocycles. The fourth-order valence-electron chi connectivity index (χ4n) is 3.23. The van der Waals surface area contributed by atoms with Crippen LogP contribution in [0.2, 0.25) is 5.02 Å². The second-order valence-electron chi connectivity index (χ2n) is 6.94. The lowest BCUT2D eigenvalue weighted by molar-refractivity contribution is -0.113. The van der Waals surface area contributed by atoms with Crippen LogP contribution in [0.1, 0.15) is 6.92 Å². The van der Waals surface area contributed by atoms with Crippen LogP contribution in [0.15, 0.2) is 59.9 Å². The molecule has 0 atom stereocenters. The Hall–Kier alpha value is -3.17. The summed E-state index contributed by atoms with van der Waals surface area (Å²) in [7, 11) is 1.85. The number of para-hydroxylation sites is 1. The number of rotatable bonds is 7. The maximum atomic E-state index is 13.8. The standard InChI is InChI=1S/C22H20ClFN6OS/c1-3-30-21(16-12-29(2)28-20(16)14-8-10-15(23)11-9-14)26-27-22(30)32-13-19(31)25-18-7-5-4-6-17(18)24/h4-12H,3,13H2,1-2H3,(H,25,31). The molecule has 0 spiro atoms. The number of aryl methyl sites for hydroxylation is 1. The summed E-state index contributed by atoms with van der Waals surface area (Å²) in [6.45, 7) is 2.59. The lowest BCUT2D eigenvalue weighted by Gasteiger charge is -2.08. The number of carbonyl (C=O) groups excluding carboxylic acids is 1. The number of benzene rings is 2. The zero-order valence-corrected chi connectivity index (χ0v) is 19.0. The predicted molar refractivity (Wildman–Crippen MR) is 124 cm³/mol. The van der Waals surface area contributed by atoms with Gasteiger partial charge in [-0.05, 0) is 31.2 Å². The number of amides is 1. The quantitative estimate of drug-likeness (QED) is 0.389. The van der Waals surface area contributed by atoms with Crippen LogP contribution in [-0.4, -0.2) is 36.2 Å². The Bertz CT molecular complexity index is 1250. The maximum Gasteiger partial charge on any atom is 0.234 e. The van der Waals surface area contributed by atoms with Gasteiger partial charge in [-0.1, -0.05) is 47.6 Å². The van der Waals surface area contributed by atoms with Crippen molar-refractivity contribution in [2.75, 3.05) is 11.1 Å². The van der Waals surface area contributed by atoms with Crippen molar-refractivity contribution in [1.82, 2.24) is 24.5 Å². The Morgan fingerprint density at radius 3 is 2.62 bits per heavy atom. The van der Waals surface area contributed by atoms with Gasteiger partial charge >= 0.3 is 0 Å². The summed E-state index contributed by atoms with van der Waals surface area (Å²) in [5, 5.41) is 17.1. The van der Waals surface area contributed by atoms with E-state index in [2.05, 4.69) is 20.6 Å². The molecule has 0 aliphatic carbocycles. The minimum absolute atomic E-state index is 0.0730. The van der Waals surface area contributed by atoms with E-state index in [1.807, 2.05) is 49.0 Å². The maximum absolute atomic E-state index is 13.8. The molecule has 0 unspecified atom stereocenters. The molecule has 0 saturated heterocycles. The fraction of sp³-hybridized carbons (Fsp3) is 0.182. The minimum atomic E-state index is -0.476. The molecule has 0 aliphatic rings. The molecule has 0 aliphatic heterocycles. The van der Waals surface area contributed by atoms with Crippen molar-refractivity contribution in [3.63, 3.8) is 0 Å². The molecule has 2 heterocycles. The second kappa shape index (κ2) is 9.54. The van der Waals surface area contributed by atoms with Crippen molar-refractivity contribution < 1.29 is 9.18 Å². The summed E-state index contributed by atoms with van der Waals surface area (Å²) >= 11 is 7.26. The van der Waals surface area contributed by atoms with Crippen LogP contribution in [-0.2, 0) is 18.4 Å². The average molecular weight is 471 g/mol. The van der Waals surface area contributed by atoms with Gasteiger partial charge in [0.2, 0.25) is 5.91 Å². The molecule has 4 aromatic rings. The van der Waals surface area contributed by atoms with E-state index in [1.165, 1.54) is 23.9 Å². The second-order valence-corrected chi connectivity index (χ2v) is 8.32. The van der Waals surface area contributed by atoms with Gasteiger partial charge in [0.05, 0.1) is 17.0 Å². The Balaban J connectivity index is 1.56. The smallest absolute Gasteiger partial charge is 0.234 e.